The normalized spacial score (nSPS) is 17.5. The predicted octanol–water partition coefficient (Wildman–Crippen LogP) is -0.0605. The van der Waals surface area contributed by atoms with Gasteiger partial charge in [-0.3, -0.25) is 19.4 Å². The predicted molar refractivity (Wildman–Crippen MR) is 102 cm³/mol. The maximum atomic E-state index is 12.4. The first-order chi connectivity index (χ1) is 11.4. The number of imide groups is 1. The zero-order valence-electron chi connectivity index (χ0n) is 14.2. The number of carbonyl (C=O) groups excluding carboxylic acids is 2. The Labute approximate surface area is 165 Å². The molecule has 1 saturated heterocycles. The molecule has 0 aliphatic carbocycles. The number of piperazine rings is 1. The van der Waals surface area contributed by atoms with Crippen molar-refractivity contribution in [2.75, 3.05) is 46.3 Å². The average Bonchev–Trinajstić information content (AvgIpc) is 2.80. The van der Waals surface area contributed by atoms with Gasteiger partial charge >= 0.3 is 0 Å². The van der Waals surface area contributed by atoms with E-state index in [1.807, 2.05) is 0 Å². The molecule has 2 heterocycles. The monoisotopic (exact) mass is 424 g/mol. The number of halogens is 2. The molecule has 0 unspecified atom stereocenters. The van der Waals surface area contributed by atoms with Gasteiger partial charge < -0.3 is 5.32 Å². The van der Waals surface area contributed by atoms with Gasteiger partial charge in [0.05, 0.1) is 16.0 Å². The lowest BCUT2D eigenvalue weighted by Crippen LogP contribution is -2.46. The van der Waals surface area contributed by atoms with Gasteiger partial charge in [-0.15, -0.1) is 24.8 Å². The first-order valence-corrected chi connectivity index (χ1v) is 9.27. The number of rotatable bonds is 5. The lowest BCUT2D eigenvalue weighted by atomic mass is 10.1. The highest BCUT2D eigenvalue weighted by molar-refractivity contribution is 7.89. The number of benzene rings is 1. The summed E-state index contributed by atoms with van der Waals surface area (Å²) >= 11 is 0. The van der Waals surface area contributed by atoms with Gasteiger partial charge in [-0.25, -0.2) is 13.1 Å². The number of amides is 2. The number of nitrogens with zero attached hydrogens (tertiary/aromatic N) is 2. The lowest BCUT2D eigenvalue weighted by Gasteiger charge is -2.27. The van der Waals surface area contributed by atoms with Crippen LogP contribution in [-0.4, -0.2) is 76.3 Å². The Balaban J connectivity index is 0.00000169. The van der Waals surface area contributed by atoms with Gasteiger partial charge in [-0.2, -0.15) is 0 Å². The molecule has 0 bridgehead atoms. The minimum atomic E-state index is -3.72. The maximum absolute atomic E-state index is 12.4. The summed E-state index contributed by atoms with van der Waals surface area (Å²) in [6.07, 6.45) is 0. The molecule has 0 atom stereocenters. The second-order valence-electron chi connectivity index (χ2n) is 5.87. The highest BCUT2D eigenvalue weighted by Gasteiger charge is 2.33. The van der Waals surface area contributed by atoms with Crippen LogP contribution in [0.1, 0.15) is 20.7 Å². The molecule has 1 fully saturated rings. The van der Waals surface area contributed by atoms with Gasteiger partial charge in [0.1, 0.15) is 0 Å². The van der Waals surface area contributed by atoms with Crippen LogP contribution < -0.4 is 10.0 Å². The van der Waals surface area contributed by atoms with Crippen molar-refractivity contribution in [3.05, 3.63) is 29.3 Å². The summed E-state index contributed by atoms with van der Waals surface area (Å²) < 4.78 is 27.3. The van der Waals surface area contributed by atoms with E-state index in [2.05, 4.69) is 14.9 Å². The molecule has 0 saturated carbocycles. The van der Waals surface area contributed by atoms with Gasteiger partial charge in [0.25, 0.3) is 11.8 Å². The molecule has 0 aromatic heterocycles. The Hall–Kier alpha value is -1.23. The van der Waals surface area contributed by atoms with E-state index in [1.165, 1.54) is 25.2 Å². The molecule has 26 heavy (non-hydrogen) atoms. The Kier molecular flexibility index (Phi) is 8.00. The molecule has 146 valence electrons. The highest BCUT2D eigenvalue weighted by Crippen LogP contribution is 2.24. The fourth-order valence-corrected chi connectivity index (χ4v) is 3.91. The lowest BCUT2D eigenvalue weighted by molar-refractivity contribution is 0.0693. The smallest absolute Gasteiger partial charge is 0.261 e. The van der Waals surface area contributed by atoms with Crippen LogP contribution in [0.15, 0.2) is 23.1 Å². The quantitative estimate of drug-likeness (QED) is 0.642. The number of fused-ring (bicyclic) bond motifs is 1. The number of hydrogen-bond acceptors (Lipinski definition) is 6. The van der Waals surface area contributed by atoms with Gasteiger partial charge in [0.15, 0.2) is 0 Å². The van der Waals surface area contributed by atoms with Crippen molar-refractivity contribution in [1.29, 1.82) is 0 Å². The van der Waals surface area contributed by atoms with E-state index in [-0.39, 0.29) is 40.8 Å². The van der Waals surface area contributed by atoms with Crippen LogP contribution in [0.25, 0.3) is 0 Å². The van der Waals surface area contributed by atoms with E-state index < -0.39 is 21.8 Å². The van der Waals surface area contributed by atoms with Crippen LogP contribution >= 0.6 is 24.8 Å². The first kappa shape index (κ1) is 22.8. The van der Waals surface area contributed by atoms with Gasteiger partial charge in [-0.05, 0) is 18.2 Å². The SMILES string of the molecule is CN1C(=O)c2ccc(S(=O)(=O)NCCN3CCNCC3)cc2C1=O.Cl.Cl. The summed E-state index contributed by atoms with van der Waals surface area (Å²) in [5, 5.41) is 3.24. The molecule has 2 N–H and O–H groups in total. The summed E-state index contributed by atoms with van der Waals surface area (Å²) in [6.45, 7) is 4.52. The standard InChI is InChI=1S/C15H20N4O4S.2ClH/c1-18-14(20)12-3-2-11(10-13(12)15(18)21)24(22,23)17-6-9-19-7-4-16-5-8-19;;/h2-3,10,16-17H,4-9H2,1H3;2*1H. The van der Waals surface area contributed by atoms with E-state index >= 15 is 0 Å². The van der Waals surface area contributed by atoms with Gasteiger partial charge in [0, 0.05) is 46.3 Å². The van der Waals surface area contributed by atoms with Crippen LogP contribution in [0.5, 0.6) is 0 Å². The summed E-state index contributed by atoms with van der Waals surface area (Å²) in [4.78, 5) is 27.0. The Morgan fingerprint density at radius 3 is 2.35 bits per heavy atom. The molecule has 11 heteroatoms. The minimum absolute atomic E-state index is 0. The third-order valence-corrected chi connectivity index (χ3v) is 5.76. The number of sulfonamides is 1. The second kappa shape index (κ2) is 9.12. The van der Waals surface area contributed by atoms with Crippen LogP contribution in [0, 0.1) is 0 Å². The molecule has 0 radical (unpaired) electrons. The number of hydrogen-bond donors (Lipinski definition) is 2. The zero-order chi connectivity index (χ0) is 17.3. The van der Waals surface area contributed by atoms with Crippen molar-refractivity contribution in [3.63, 3.8) is 0 Å². The molecule has 3 rings (SSSR count). The largest absolute Gasteiger partial charge is 0.314 e. The first-order valence-electron chi connectivity index (χ1n) is 7.79. The average molecular weight is 425 g/mol. The molecule has 1 aromatic carbocycles. The summed E-state index contributed by atoms with van der Waals surface area (Å²) in [5.74, 6) is -0.890. The van der Waals surface area contributed by atoms with Crippen molar-refractivity contribution in [2.45, 2.75) is 4.90 Å². The topological polar surface area (TPSA) is 98.8 Å². The third-order valence-electron chi connectivity index (χ3n) is 4.30. The fraction of sp³-hybridized carbons (Fsp3) is 0.467. The van der Waals surface area contributed by atoms with Crippen LogP contribution in [-0.2, 0) is 10.0 Å². The van der Waals surface area contributed by atoms with Crippen molar-refractivity contribution < 1.29 is 18.0 Å². The molecule has 2 aliphatic rings. The Bertz CT molecular complexity index is 782. The fourth-order valence-electron chi connectivity index (χ4n) is 2.86. The number of nitrogens with one attached hydrogen (secondary N) is 2. The molecule has 8 nitrogen and oxygen atoms in total. The molecule has 2 amide bonds. The van der Waals surface area contributed by atoms with Crippen molar-refractivity contribution >= 4 is 46.7 Å². The number of carbonyl (C=O) groups is 2. The van der Waals surface area contributed by atoms with Crippen LogP contribution in [0.2, 0.25) is 0 Å². The molecule has 1 aromatic rings. The second-order valence-corrected chi connectivity index (χ2v) is 7.63. The van der Waals surface area contributed by atoms with E-state index in [0.29, 0.717) is 13.1 Å². The van der Waals surface area contributed by atoms with E-state index in [4.69, 9.17) is 0 Å². The summed E-state index contributed by atoms with van der Waals surface area (Å²) in [5.41, 5.74) is 0.370. The molecular weight excluding hydrogens is 403 g/mol. The molecule has 2 aliphatic heterocycles. The Morgan fingerprint density at radius 1 is 1.08 bits per heavy atom. The van der Waals surface area contributed by atoms with Gasteiger partial charge in [-0.1, -0.05) is 0 Å². The van der Waals surface area contributed by atoms with Crippen molar-refractivity contribution in [1.82, 2.24) is 19.8 Å². The van der Waals surface area contributed by atoms with E-state index in [1.54, 1.807) is 0 Å². The molecule has 0 spiro atoms. The molecular formula is C15H22Cl2N4O4S. The van der Waals surface area contributed by atoms with Crippen LogP contribution in [0.3, 0.4) is 0 Å². The van der Waals surface area contributed by atoms with Crippen LogP contribution in [0.4, 0.5) is 0 Å². The van der Waals surface area contributed by atoms with Crippen molar-refractivity contribution in [3.8, 4) is 0 Å². The minimum Gasteiger partial charge on any atom is -0.314 e. The van der Waals surface area contributed by atoms with E-state index in [0.717, 1.165) is 31.1 Å². The highest BCUT2D eigenvalue weighted by atomic mass is 35.5. The maximum Gasteiger partial charge on any atom is 0.261 e. The Morgan fingerprint density at radius 2 is 1.69 bits per heavy atom. The summed E-state index contributed by atoms with van der Waals surface area (Å²) in [6, 6.07) is 4.02. The summed E-state index contributed by atoms with van der Waals surface area (Å²) in [7, 11) is -2.34. The zero-order valence-corrected chi connectivity index (χ0v) is 16.7. The van der Waals surface area contributed by atoms with Crippen molar-refractivity contribution in [2.24, 2.45) is 0 Å². The third kappa shape index (κ3) is 4.54. The van der Waals surface area contributed by atoms with Gasteiger partial charge in [0.2, 0.25) is 10.0 Å². The van der Waals surface area contributed by atoms with E-state index in [9.17, 15) is 18.0 Å².